The van der Waals surface area contributed by atoms with Crippen molar-refractivity contribution in [1.82, 2.24) is 9.97 Å². The second kappa shape index (κ2) is 3.18. The molecule has 2 N–H and O–H groups in total. The lowest BCUT2D eigenvalue weighted by molar-refractivity contribution is 1.19. The third-order valence-corrected chi connectivity index (χ3v) is 2.41. The first-order chi connectivity index (χ1) is 6.66. The van der Waals surface area contributed by atoms with E-state index >= 15 is 0 Å². The molecule has 1 aromatic heterocycles. The fraction of sp³-hybridized carbons (Fsp3) is 0.182. The Hall–Kier alpha value is -1.77. The summed E-state index contributed by atoms with van der Waals surface area (Å²) in [6.45, 7) is 4.13. The molecule has 0 aliphatic rings. The fourth-order valence-corrected chi connectivity index (χ4v) is 1.40. The van der Waals surface area contributed by atoms with E-state index in [9.17, 15) is 4.79 Å². The highest BCUT2D eigenvalue weighted by atomic mass is 16.1. The minimum atomic E-state index is -0.168. The summed E-state index contributed by atoms with van der Waals surface area (Å²) < 4.78 is 0. The van der Waals surface area contributed by atoms with Crippen LogP contribution in [0.1, 0.15) is 11.1 Å². The van der Waals surface area contributed by atoms with Crippen LogP contribution in [-0.2, 0) is 0 Å². The van der Waals surface area contributed by atoms with Gasteiger partial charge in [0.1, 0.15) is 0 Å². The summed E-state index contributed by atoms with van der Waals surface area (Å²) in [5.74, 6) is 0. The predicted octanol–water partition coefficient (Wildman–Crippen LogP) is 1.99. The molecule has 14 heavy (non-hydrogen) atoms. The maximum Gasteiger partial charge on any atom is 0.323 e. The number of aromatic amines is 2. The lowest BCUT2D eigenvalue weighted by Gasteiger charge is -2.02. The minimum Gasteiger partial charge on any atom is -0.312 e. The topological polar surface area (TPSA) is 48.6 Å². The van der Waals surface area contributed by atoms with Crippen molar-refractivity contribution in [2.24, 2.45) is 0 Å². The summed E-state index contributed by atoms with van der Waals surface area (Å²) >= 11 is 0. The smallest absolute Gasteiger partial charge is 0.312 e. The van der Waals surface area contributed by atoms with Crippen LogP contribution >= 0.6 is 0 Å². The number of imidazole rings is 1. The highest BCUT2D eigenvalue weighted by molar-refractivity contribution is 5.59. The zero-order valence-corrected chi connectivity index (χ0v) is 8.22. The van der Waals surface area contributed by atoms with Gasteiger partial charge < -0.3 is 9.97 Å². The van der Waals surface area contributed by atoms with E-state index < -0.39 is 0 Å². The van der Waals surface area contributed by atoms with Crippen LogP contribution in [-0.4, -0.2) is 9.97 Å². The normalized spacial score (nSPS) is 10.4. The Labute approximate surface area is 81.8 Å². The third-order valence-electron chi connectivity index (χ3n) is 2.41. The van der Waals surface area contributed by atoms with Gasteiger partial charge in [-0.1, -0.05) is 12.1 Å². The number of H-pyrrole nitrogens is 2. The molecule has 2 aromatic rings. The molecule has 3 nitrogen and oxygen atoms in total. The van der Waals surface area contributed by atoms with Crippen molar-refractivity contribution < 1.29 is 0 Å². The van der Waals surface area contributed by atoms with Gasteiger partial charge in [-0.25, -0.2) is 4.79 Å². The second-order valence-electron chi connectivity index (χ2n) is 3.46. The molecule has 0 aliphatic carbocycles. The molecule has 0 unspecified atom stereocenters. The Bertz CT molecular complexity index is 508. The van der Waals surface area contributed by atoms with Crippen LogP contribution in [0.5, 0.6) is 0 Å². The maximum atomic E-state index is 10.9. The number of aromatic nitrogens is 2. The maximum absolute atomic E-state index is 10.9. The van der Waals surface area contributed by atoms with Gasteiger partial charge in [0.05, 0.1) is 5.69 Å². The van der Waals surface area contributed by atoms with Gasteiger partial charge in [-0.3, -0.25) is 0 Å². The molecule has 0 saturated heterocycles. The van der Waals surface area contributed by atoms with Crippen molar-refractivity contribution in [3.05, 3.63) is 46.0 Å². The molecule has 0 radical (unpaired) electrons. The van der Waals surface area contributed by atoms with Gasteiger partial charge in [0.25, 0.3) is 0 Å². The van der Waals surface area contributed by atoms with Gasteiger partial charge in [0.15, 0.2) is 0 Å². The molecule has 2 rings (SSSR count). The van der Waals surface area contributed by atoms with Crippen molar-refractivity contribution in [1.29, 1.82) is 0 Å². The molecule has 0 amide bonds. The summed E-state index contributed by atoms with van der Waals surface area (Å²) in [5, 5.41) is 0. The minimum absolute atomic E-state index is 0.168. The largest absolute Gasteiger partial charge is 0.323 e. The van der Waals surface area contributed by atoms with Gasteiger partial charge >= 0.3 is 5.69 Å². The number of aryl methyl sites for hydroxylation is 2. The molecule has 0 saturated carbocycles. The Morgan fingerprint density at radius 3 is 2.50 bits per heavy atom. The number of rotatable bonds is 1. The Kier molecular flexibility index (Phi) is 2.00. The van der Waals surface area contributed by atoms with Gasteiger partial charge in [-0.15, -0.1) is 0 Å². The van der Waals surface area contributed by atoms with E-state index in [0.29, 0.717) is 0 Å². The number of hydrogen-bond acceptors (Lipinski definition) is 1. The van der Waals surface area contributed by atoms with E-state index in [0.717, 1.165) is 11.3 Å². The zero-order chi connectivity index (χ0) is 10.1. The standard InChI is InChI=1S/C11H12N2O/c1-7-3-4-9(5-8(7)2)10-6-12-11(14)13-10/h3-6H,1-2H3,(H2,12,13,14). The van der Waals surface area contributed by atoms with Crippen molar-refractivity contribution in [3.8, 4) is 11.3 Å². The van der Waals surface area contributed by atoms with Crippen LogP contribution in [0.2, 0.25) is 0 Å². The van der Waals surface area contributed by atoms with E-state index in [4.69, 9.17) is 0 Å². The monoisotopic (exact) mass is 188 g/mol. The molecule has 0 fully saturated rings. The lowest BCUT2D eigenvalue weighted by atomic mass is 10.1. The lowest BCUT2D eigenvalue weighted by Crippen LogP contribution is -1.99. The third kappa shape index (κ3) is 1.48. The molecule has 1 aromatic carbocycles. The van der Waals surface area contributed by atoms with Crippen molar-refractivity contribution in [2.75, 3.05) is 0 Å². The Balaban J connectivity index is 2.52. The quantitative estimate of drug-likeness (QED) is 0.706. The van der Waals surface area contributed by atoms with E-state index in [1.165, 1.54) is 11.1 Å². The van der Waals surface area contributed by atoms with E-state index in [1.807, 2.05) is 6.07 Å². The zero-order valence-electron chi connectivity index (χ0n) is 8.22. The molecule has 0 bridgehead atoms. The molecular formula is C11H12N2O. The first-order valence-electron chi connectivity index (χ1n) is 4.52. The summed E-state index contributed by atoms with van der Waals surface area (Å²) in [6, 6.07) is 6.12. The molecule has 3 heteroatoms. The van der Waals surface area contributed by atoms with Crippen LogP contribution in [0.25, 0.3) is 11.3 Å². The van der Waals surface area contributed by atoms with Crippen LogP contribution in [0, 0.1) is 13.8 Å². The van der Waals surface area contributed by atoms with Crippen LogP contribution in [0.3, 0.4) is 0 Å². The van der Waals surface area contributed by atoms with Crippen molar-refractivity contribution >= 4 is 0 Å². The summed E-state index contributed by atoms with van der Waals surface area (Å²) in [7, 11) is 0. The number of benzene rings is 1. The van der Waals surface area contributed by atoms with Gasteiger partial charge in [-0.2, -0.15) is 0 Å². The van der Waals surface area contributed by atoms with E-state index in [1.54, 1.807) is 6.20 Å². The fourth-order valence-electron chi connectivity index (χ4n) is 1.40. The first-order valence-corrected chi connectivity index (χ1v) is 4.52. The molecule has 0 atom stereocenters. The summed E-state index contributed by atoms with van der Waals surface area (Å²) in [4.78, 5) is 16.2. The average Bonchev–Trinajstić information content (AvgIpc) is 2.57. The molecular weight excluding hydrogens is 176 g/mol. The molecule has 0 spiro atoms. The Morgan fingerprint density at radius 2 is 1.93 bits per heavy atom. The van der Waals surface area contributed by atoms with E-state index in [-0.39, 0.29) is 5.69 Å². The first kappa shape index (κ1) is 8.81. The summed E-state index contributed by atoms with van der Waals surface area (Å²) in [6.07, 6.45) is 1.69. The highest BCUT2D eigenvalue weighted by Crippen LogP contribution is 2.18. The number of nitrogens with one attached hydrogen (secondary N) is 2. The molecule has 1 heterocycles. The Morgan fingerprint density at radius 1 is 1.14 bits per heavy atom. The average molecular weight is 188 g/mol. The SMILES string of the molecule is Cc1ccc(-c2c[nH]c(=O)[nH]2)cc1C. The molecule has 72 valence electrons. The van der Waals surface area contributed by atoms with Gasteiger partial charge in [0.2, 0.25) is 0 Å². The van der Waals surface area contributed by atoms with Gasteiger partial charge in [-0.05, 0) is 36.6 Å². The van der Waals surface area contributed by atoms with Crippen LogP contribution in [0.4, 0.5) is 0 Å². The summed E-state index contributed by atoms with van der Waals surface area (Å²) in [5.41, 5.74) is 4.18. The van der Waals surface area contributed by atoms with Crippen molar-refractivity contribution in [2.45, 2.75) is 13.8 Å². The van der Waals surface area contributed by atoms with Crippen LogP contribution < -0.4 is 5.69 Å². The second-order valence-corrected chi connectivity index (χ2v) is 3.46. The van der Waals surface area contributed by atoms with Crippen molar-refractivity contribution in [3.63, 3.8) is 0 Å². The van der Waals surface area contributed by atoms with Gasteiger partial charge in [0, 0.05) is 6.20 Å². The number of hydrogen-bond donors (Lipinski definition) is 2. The molecule has 0 aliphatic heterocycles. The highest BCUT2D eigenvalue weighted by Gasteiger charge is 2.01. The predicted molar refractivity (Wildman–Crippen MR) is 56.3 cm³/mol. The van der Waals surface area contributed by atoms with E-state index in [2.05, 4.69) is 35.9 Å². The van der Waals surface area contributed by atoms with Crippen LogP contribution in [0.15, 0.2) is 29.2 Å².